The fraction of sp³-hybridized carbons (Fsp3) is 0.143. The molecule has 0 atom stereocenters. The average molecular weight is 175 g/mol. The minimum atomic E-state index is -2.42. The van der Waals surface area contributed by atoms with Crippen LogP contribution in [0.2, 0.25) is 0 Å². The van der Waals surface area contributed by atoms with Crippen molar-refractivity contribution < 1.29 is 8.78 Å². The van der Waals surface area contributed by atoms with Gasteiger partial charge in [-0.3, -0.25) is 0 Å². The second-order valence-corrected chi connectivity index (χ2v) is 2.26. The molecule has 0 saturated carbocycles. The van der Waals surface area contributed by atoms with E-state index in [1.165, 1.54) is 12.1 Å². The summed E-state index contributed by atoms with van der Waals surface area (Å²) in [4.78, 5) is 0. The summed E-state index contributed by atoms with van der Waals surface area (Å²) in [7, 11) is 0. The predicted octanol–water partition coefficient (Wildman–Crippen LogP) is 2.88. The molecule has 1 aromatic carbocycles. The molecule has 0 aliphatic rings. The summed E-state index contributed by atoms with van der Waals surface area (Å²) in [6.07, 6.45) is -2.42. The van der Waals surface area contributed by atoms with Crippen molar-refractivity contribution in [3.8, 4) is 0 Å². The van der Waals surface area contributed by atoms with Gasteiger partial charge in [-0.05, 0) is 12.1 Å². The van der Waals surface area contributed by atoms with Gasteiger partial charge in [-0.25, -0.2) is 8.78 Å². The van der Waals surface area contributed by atoms with Crippen molar-refractivity contribution in [2.24, 2.45) is 0 Å². The molecule has 1 nitrogen and oxygen atoms in total. The maximum atomic E-state index is 12.0. The molecule has 0 unspecified atom stereocenters. The van der Waals surface area contributed by atoms with E-state index in [0.29, 0.717) is 5.69 Å². The zero-order valence-electron chi connectivity index (χ0n) is 5.59. The monoisotopic (exact) mass is 175 g/mol. The van der Waals surface area contributed by atoms with Crippen molar-refractivity contribution in [1.82, 2.24) is 0 Å². The quantitative estimate of drug-likeness (QED) is 0.658. The molecular weight excluding hydrogens is 168 g/mol. The molecule has 0 spiro atoms. The lowest BCUT2D eigenvalue weighted by molar-refractivity contribution is 0.151. The van der Waals surface area contributed by atoms with E-state index in [2.05, 4.69) is 17.5 Å². The topological polar surface area (TPSA) is 12.0 Å². The van der Waals surface area contributed by atoms with Crippen LogP contribution in [0.4, 0.5) is 14.5 Å². The first-order chi connectivity index (χ1) is 5.24. The van der Waals surface area contributed by atoms with Gasteiger partial charge in [-0.2, -0.15) is 0 Å². The van der Waals surface area contributed by atoms with Crippen LogP contribution in [0.25, 0.3) is 0 Å². The maximum absolute atomic E-state index is 12.0. The molecule has 1 rings (SSSR count). The zero-order valence-corrected chi connectivity index (χ0v) is 6.48. The van der Waals surface area contributed by atoms with Gasteiger partial charge in [0.1, 0.15) is 0 Å². The Labute approximate surface area is 69.0 Å². The molecule has 0 saturated heterocycles. The van der Waals surface area contributed by atoms with Crippen LogP contribution >= 0.6 is 12.8 Å². The second kappa shape index (κ2) is 3.57. The van der Waals surface area contributed by atoms with Crippen LogP contribution in [-0.2, 0) is 0 Å². The Balaban J connectivity index is 2.91. The summed E-state index contributed by atoms with van der Waals surface area (Å²) in [5.74, 6) is 0. The van der Waals surface area contributed by atoms with E-state index < -0.39 is 6.43 Å². The van der Waals surface area contributed by atoms with E-state index in [1.54, 1.807) is 12.1 Å². The van der Waals surface area contributed by atoms with E-state index in [9.17, 15) is 8.78 Å². The van der Waals surface area contributed by atoms with Gasteiger partial charge < -0.3 is 4.72 Å². The Morgan fingerprint density at radius 1 is 1.36 bits per heavy atom. The summed E-state index contributed by atoms with van der Waals surface area (Å²) in [5, 5.41) is 0. The molecule has 1 N–H and O–H groups in total. The molecule has 0 radical (unpaired) electrons. The highest BCUT2D eigenvalue weighted by Gasteiger charge is 2.05. The van der Waals surface area contributed by atoms with Gasteiger partial charge >= 0.3 is 0 Å². The summed E-state index contributed by atoms with van der Waals surface area (Å²) in [5.41, 5.74) is 0.579. The fourth-order valence-electron chi connectivity index (χ4n) is 0.744. The van der Waals surface area contributed by atoms with Crippen LogP contribution in [0.1, 0.15) is 12.0 Å². The number of benzene rings is 1. The molecule has 0 aliphatic carbocycles. The Bertz CT molecular complexity index is 240. The fourth-order valence-corrected chi connectivity index (χ4v) is 0.883. The largest absolute Gasteiger partial charge is 0.332 e. The summed E-state index contributed by atoms with van der Waals surface area (Å²) in [6.45, 7) is 0. The molecule has 0 aliphatic heterocycles. The molecule has 0 heterocycles. The smallest absolute Gasteiger partial charge is 0.263 e. The number of nitrogens with one attached hydrogen (secondary N) is 1. The van der Waals surface area contributed by atoms with Crippen molar-refractivity contribution >= 4 is 18.5 Å². The van der Waals surface area contributed by atoms with Gasteiger partial charge in [-0.15, -0.1) is 0 Å². The summed E-state index contributed by atoms with van der Waals surface area (Å²) in [6, 6.07) is 5.95. The zero-order chi connectivity index (χ0) is 8.27. The van der Waals surface area contributed by atoms with Crippen molar-refractivity contribution in [3.05, 3.63) is 29.8 Å². The highest BCUT2D eigenvalue weighted by molar-refractivity contribution is 7.81. The van der Waals surface area contributed by atoms with Gasteiger partial charge in [0.25, 0.3) is 6.43 Å². The van der Waals surface area contributed by atoms with Gasteiger partial charge in [0.15, 0.2) is 0 Å². The van der Waals surface area contributed by atoms with E-state index in [4.69, 9.17) is 0 Å². The lowest BCUT2D eigenvalue weighted by atomic mass is 10.2. The first-order valence-electron chi connectivity index (χ1n) is 3.02. The highest BCUT2D eigenvalue weighted by Crippen LogP contribution is 2.21. The first kappa shape index (κ1) is 8.33. The van der Waals surface area contributed by atoms with Crippen LogP contribution in [-0.4, -0.2) is 0 Å². The van der Waals surface area contributed by atoms with E-state index >= 15 is 0 Å². The molecule has 1 aromatic rings. The number of hydrogen-bond donors (Lipinski definition) is 2. The lowest BCUT2D eigenvalue weighted by Gasteiger charge is -2.01. The minimum absolute atomic E-state index is 0.00375. The molecular formula is C7H7F2NS. The van der Waals surface area contributed by atoms with Gasteiger partial charge in [-0.1, -0.05) is 24.9 Å². The van der Waals surface area contributed by atoms with Crippen molar-refractivity contribution in [3.63, 3.8) is 0 Å². The Kier molecular flexibility index (Phi) is 2.70. The normalized spacial score (nSPS) is 10.2. The molecule has 0 amide bonds. The molecule has 0 aromatic heterocycles. The van der Waals surface area contributed by atoms with E-state index in [0.717, 1.165) is 0 Å². The second-order valence-electron chi connectivity index (χ2n) is 2.04. The van der Waals surface area contributed by atoms with Crippen LogP contribution < -0.4 is 4.72 Å². The number of anilines is 1. The Hall–Kier alpha value is -0.770. The van der Waals surface area contributed by atoms with Crippen molar-refractivity contribution in [2.45, 2.75) is 6.43 Å². The third-order valence-corrected chi connectivity index (χ3v) is 1.53. The molecule has 60 valence electrons. The summed E-state index contributed by atoms with van der Waals surface area (Å²) < 4.78 is 26.5. The number of halogens is 2. The maximum Gasteiger partial charge on any atom is 0.263 e. The van der Waals surface area contributed by atoms with Crippen LogP contribution in [0.3, 0.4) is 0 Å². The lowest BCUT2D eigenvalue weighted by Crippen LogP contribution is -1.85. The van der Waals surface area contributed by atoms with Crippen LogP contribution in [0, 0.1) is 0 Å². The summed E-state index contributed by atoms with van der Waals surface area (Å²) >= 11 is 3.73. The average Bonchev–Trinajstić information content (AvgIpc) is 2.05. The third kappa shape index (κ3) is 2.08. The van der Waals surface area contributed by atoms with Gasteiger partial charge in [0.2, 0.25) is 0 Å². The highest BCUT2D eigenvalue weighted by atomic mass is 32.1. The van der Waals surface area contributed by atoms with E-state index in [-0.39, 0.29) is 5.56 Å². The van der Waals surface area contributed by atoms with Crippen molar-refractivity contribution in [2.75, 3.05) is 4.72 Å². The predicted molar refractivity (Wildman–Crippen MR) is 44.0 cm³/mol. The van der Waals surface area contributed by atoms with Gasteiger partial charge in [0, 0.05) is 11.3 Å². The van der Waals surface area contributed by atoms with Crippen molar-refractivity contribution in [1.29, 1.82) is 0 Å². The number of alkyl halides is 2. The molecule has 0 fully saturated rings. The molecule has 11 heavy (non-hydrogen) atoms. The molecule has 0 bridgehead atoms. The molecule has 4 heteroatoms. The number of thiol groups is 1. The van der Waals surface area contributed by atoms with Crippen LogP contribution in [0.5, 0.6) is 0 Å². The first-order valence-corrected chi connectivity index (χ1v) is 3.47. The minimum Gasteiger partial charge on any atom is -0.332 e. The number of rotatable bonds is 2. The third-order valence-electron chi connectivity index (χ3n) is 1.27. The standard InChI is InChI=1S/C7H7F2NS/c8-7(9)5-2-1-3-6(4-5)10-11/h1-4,7,10-11H. The van der Waals surface area contributed by atoms with E-state index in [1.807, 2.05) is 0 Å². The Morgan fingerprint density at radius 3 is 2.64 bits per heavy atom. The number of hydrogen-bond acceptors (Lipinski definition) is 2. The van der Waals surface area contributed by atoms with Gasteiger partial charge in [0.05, 0.1) is 0 Å². The van der Waals surface area contributed by atoms with Crippen LogP contribution in [0.15, 0.2) is 24.3 Å². The Morgan fingerprint density at radius 2 is 2.09 bits per heavy atom. The SMILES string of the molecule is FC(F)c1cccc(NS)c1.